The Bertz CT molecular complexity index is 581. The maximum absolute atomic E-state index is 10.9. The Morgan fingerprint density at radius 1 is 1.29 bits per heavy atom. The highest BCUT2D eigenvalue weighted by Gasteiger charge is 2.10. The molecule has 1 aromatic carbocycles. The molecule has 1 aromatic heterocycles. The van der Waals surface area contributed by atoms with E-state index in [9.17, 15) is 14.7 Å². The standard InChI is InChI=1S/C13H10O4/c1-8-10(3-2-4-11(8)13(15)16)12-6-5-9(7-14)17-12/h2-7H,1H3,(H,15,16)/p-1. The largest absolute Gasteiger partial charge is 0.545 e. The van der Waals surface area contributed by atoms with Crippen molar-refractivity contribution in [3.8, 4) is 11.3 Å². The van der Waals surface area contributed by atoms with Crippen LogP contribution in [0.4, 0.5) is 0 Å². The van der Waals surface area contributed by atoms with Crippen molar-refractivity contribution in [2.45, 2.75) is 6.92 Å². The second-order valence-electron chi connectivity index (χ2n) is 3.59. The Hall–Kier alpha value is -2.36. The normalized spacial score (nSPS) is 10.2. The van der Waals surface area contributed by atoms with Gasteiger partial charge in [-0.2, -0.15) is 0 Å². The summed E-state index contributed by atoms with van der Waals surface area (Å²) in [5, 5.41) is 10.9. The third-order valence-electron chi connectivity index (χ3n) is 2.56. The summed E-state index contributed by atoms with van der Waals surface area (Å²) in [4.78, 5) is 21.4. The number of carbonyl (C=O) groups excluding carboxylic acids is 2. The fourth-order valence-electron chi connectivity index (χ4n) is 1.68. The first-order valence-corrected chi connectivity index (χ1v) is 5.00. The minimum atomic E-state index is -1.23. The van der Waals surface area contributed by atoms with E-state index in [1.165, 1.54) is 12.1 Å². The molecule has 2 aromatic rings. The number of hydrogen-bond donors (Lipinski definition) is 0. The van der Waals surface area contributed by atoms with Crippen LogP contribution in [0.2, 0.25) is 0 Å². The molecule has 0 fully saturated rings. The third kappa shape index (κ3) is 1.97. The molecular formula is C13H9O4-. The number of benzene rings is 1. The molecule has 0 saturated carbocycles. The van der Waals surface area contributed by atoms with E-state index in [1.807, 2.05) is 0 Å². The molecule has 0 aliphatic heterocycles. The van der Waals surface area contributed by atoms with Gasteiger partial charge in [0.15, 0.2) is 12.0 Å². The molecule has 0 unspecified atom stereocenters. The molecule has 2 rings (SSSR count). The average Bonchev–Trinajstić information content (AvgIpc) is 2.77. The predicted octanol–water partition coefficient (Wildman–Crippen LogP) is 1.43. The van der Waals surface area contributed by atoms with Crippen LogP contribution in [0, 0.1) is 6.92 Å². The lowest BCUT2D eigenvalue weighted by Gasteiger charge is -2.09. The number of hydrogen-bond acceptors (Lipinski definition) is 4. The van der Waals surface area contributed by atoms with Gasteiger partial charge in [0, 0.05) is 11.1 Å². The number of aromatic carboxylic acids is 1. The quantitative estimate of drug-likeness (QED) is 0.746. The zero-order chi connectivity index (χ0) is 12.4. The van der Waals surface area contributed by atoms with Crippen molar-refractivity contribution in [3.63, 3.8) is 0 Å². The van der Waals surface area contributed by atoms with Crippen LogP contribution in [0.1, 0.15) is 26.5 Å². The van der Waals surface area contributed by atoms with Crippen molar-refractivity contribution < 1.29 is 19.1 Å². The summed E-state index contributed by atoms with van der Waals surface area (Å²) in [7, 11) is 0. The van der Waals surface area contributed by atoms with Gasteiger partial charge in [0.25, 0.3) is 0 Å². The molecule has 0 bridgehead atoms. The fraction of sp³-hybridized carbons (Fsp3) is 0.0769. The van der Waals surface area contributed by atoms with Crippen molar-refractivity contribution in [2.24, 2.45) is 0 Å². The first-order chi connectivity index (χ1) is 8.13. The first kappa shape index (κ1) is 11.1. The molecule has 0 aliphatic carbocycles. The monoisotopic (exact) mass is 229 g/mol. The van der Waals surface area contributed by atoms with Crippen LogP contribution >= 0.6 is 0 Å². The fourth-order valence-corrected chi connectivity index (χ4v) is 1.68. The Labute approximate surface area is 97.5 Å². The molecule has 0 atom stereocenters. The maximum atomic E-state index is 10.9. The predicted molar refractivity (Wildman–Crippen MR) is 58.6 cm³/mol. The SMILES string of the molecule is Cc1c(C(=O)[O-])cccc1-c1ccc(C=O)o1. The van der Waals surface area contributed by atoms with Crippen LogP contribution in [0.15, 0.2) is 34.7 Å². The second-order valence-corrected chi connectivity index (χ2v) is 3.59. The van der Waals surface area contributed by atoms with Crippen LogP contribution in [0.25, 0.3) is 11.3 Å². The summed E-state index contributed by atoms with van der Waals surface area (Å²) < 4.78 is 5.25. The summed E-state index contributed by atoms with van der Waals surface area (Å²) >= 11 is 0. The van der Waals surface area contributed by atoms with Gasteiger partial charge in [-0.3, -0.25) is 4.79 Å². The van der Waals surface area contributed by atoms with E-state index >= 15 is 0 Å². The van der Waals surface area contributed by atoms with E-state index in [4.69, 9.17) is 4.42 Å². The van der Waals surface area contributed by atoms with E-state index in [-0.39, 0.29) is 11.3 Å². The van der Waals surface area contributed by atoms with Gasteiger partial charge >= 0.3 is 0 Å². The Morgan fingerprint density at radius 3 is 2.65 bits per heavy atom. The number of carboxylic acid groups (broad SMARTS) is 1. The van der Waals surface area contributed by atoms with Crippen LogP contribution in [0.3, 0.4) is 0 Å². The minimum Gasteiger partial charge on any atom is -0.545 e. The van der Waals surface area contributed by atoms with Gasteiger partial charge in [-0.15, -0.1) is 0 Å². The lowest BCUT2D eigenvalue weighted by Crippen LogP contribution is -2.23. The third-order valence-corrected chi connectivity index (χ3v) is 2.56. The van der Waals surface area contributed by atoms with Gasteiger partial charge in [0.1, 0.15) is 5.76 Å². The van der Waals surface area contributed by atoms with Crippen molar-refractivity contribution in [2.75, 3.05) is 0 Å². The summed E-state index contributed by atoms with van der Waals surface area (Å²) in [5.41, 5.74) is 1.31. The van der Waals surface area contributed by atoms with Gasteiger partial charge in [-0.1, -0.05) is 18.2 Å². The molecule has 86 valence electrons. The van der Waals surface area contributed by atoms with Crippen molar-refractivity contribution in [3.05, 3.63) is 47.2 Å². The molecule has 0 N–H and O–H groups in total. The van der Waals surface area contributed by atoms with Crippen LogP contribution in [-0.4, -0.2) is 12.3 Å². The smallest absolute Gasteiger partial charge is 0.185 e. The Balaban J connectivity index is 2.55. The van der Waals surface area contributed by atoms with Crippen molar-refractivity contribution >= 4 is 12.3 Å². The van der Waals surface area contributed by atoms with Gasteiger partial charge in [0.2, 0.25) is 0 Å². The maximum Gasteiger partial charge on any atom is 0.185 e. The summed E-state index contributed by atoms with van der Waals surface area (Å²) in [5.74, 6) is -0.558. The van der Waals surface area contributed by atoms with Gasteiger partial charge < -0.3 is 14.3 Å². The number of carboxylic acids is 1. The second kappa shape index (κ2) is 4.25. The summed E-state index contributed by atoms with van der Waals surface area (Å²) in [6, 6.07) is 7.97. The number of aldehydes is 1. The van der Waals surface area contributed by atoms with E-state index in [1.54, 1.807) is 25.1 Å². The zero-order valence-electron chi connectivity index (χ0n) is 9.10. The Morgan fingerprint density at radius 2 is 2.06 bits per heavy atom. The van der Waals surface area contributed by atoms with Crippen LogP contribution < -0.4 is 5.11 Å². The summed E-state index contributed by atoms with van der Waals surface area (Å²) in [6.45, 7) is 1.67. The van der Waals surface area contributed by atoms with Crippen molar-refractivity contribution in [1.29, 1.82) is 0 Å². The van der Waals surface area contributed by atoms with Gasteiger partial charge in [-0.25, -0.2) is 0 Å². The minimum absolute atomic E-state index is 0.117. The highest BCUT2D eigenvalue weighted by molar-refractivity contribution is 5.90. The molecule has 0 spiro atoms. The molecule has 0 aliphatic rings. The molecular weight excluding hydrogens is 220 g/mol. The number of rotatable bonds is 3. The van der Waals surface area contributed by atoms with Crippen LogP contribution in [0.5, 0.6) is 0 Å². The zero-order valence-corrected chi connectivity index (χ0v) is 9.10. The molecule has 0 radical (unpaired) electrons. The first-order valence-electron chi connectivity index (χ1n) is 5.00. The van der Waals surface area contributed by atoms with E-state index in [0.29, 0.717) is 23.2 Å². The molecule has 17 heavy (non-hydrogen) atoms. The Kier molecular flexibility index (Phi) is 2.78. The summed E-state index contributed by atoms with van der Waals surface area (Å²) in [6.07, 6.45) is 0.599. The highest BCUT2D eigenvalue weighted by atomic mass is 16.4. The molecule has 1 heterocycles. The van der Waals surface area contributed by atoms with Crippen LogP contribution in [-0.2, 0) is 0 Å². The van der Waals surface area contributed by atoms with Gasteiger partial charge in [0.05, 0.1) is 5.97 Å². The van der Waals surface area contributed by atoms with E-state index in [0.717, 1.165) is 0 Å². The van der Waals surface area contributed by atoms with Gasteiger partial charge in [-0.05, 0) is 24.6 Å². The van der Waals surface area contributed by atoms with E-state index < -0.39 is 5.97 Å². The molecule has 0 amide bonds. The average molecular weight is 229 g/mol. The molecule has 4 heteroatoms. The number of carbonyl (C=O) groups is 2. The number of furan rings is 1. The highest BCUT2D eigenvalue weighted by Crippen LogP contribution is 2.26. The molecule has 0 saturated heterocycles. The topological polar surface area (TPSA) is 70.3 Å². The lowest BCUT2D eigenvalue weighted by atomic mass is 10.0. The molecule has 4 nitrogen and oxygen atoms in total. The van der Waals surface area contributed by atoms with E-state index in [2.05, 4.69) is 0 Å². The van der Waals surface area contributed by atoms with Crippen molar-refractivity contribution in [1.82, 2.24) is 0 Å². The lowest BCUT2D eigenvalue weighted by molar-refractivity contribution is -0.255.